The number of hydrogen-bond donors (Lipinski definition) is 1. The van der Waals surface area contributed by atoms with E-state index in [4.69, 9.17) is 5.73 Å². The molecule has 0 radical (unpaired) electrons. The molecule has 22 heavy (non-hydrogen) atoms. The Morgan fingerprint density at radius 2 is 1.86 bits per heavy atom. The number of hydrogen-bond acceptors (Lipinski definition) is 1. The Balaban J connectivity index is 0.00000242. The Hall–Kier alpha value is -1.12. The Morgan fingerprint density at radius 3 is 2.32 bits per heavy atom. The van der Waals surface area contributed by atoms with Crippen molar-refractivity contribution in [3.63, 3.8) is 0 Å². The van der Waals surface area contributed by atoms with Crippen molar-refractivity contribution in [2.24, 2.45) is 11.1 Å². The Bertz CT molecular complexity index is 530. The van der Waals surface area contributed by atoms with Crippen LogP contribution < -0.4 is 5.73 Å². The van der Waals surface area contributed by atoms with Crippen LogP contribution in [0.1, 0.15) is 45.1 Å². The number of allylic oxidation sites excluding steroid dienone is 3. The van der Waals surface area contributed by atoms with E-state index in [-0.39, 0.29) is 23.7 Å². The van der Waals surface area contributed by atoms with Gasteiger partial charge in [0, 0.05) is 12.3 Å². The topological polar surface area (TPSA) is 26.0 Å². The highest BCUT2D eigenvalue weighted by atomic mass is 35.5. The summed E-state index contributed by atoms with van der Waals surface area (Å²) in [5.41, 5.74) is 6.30. The lowest BCUT2D eigenvalue weighted by Gasteiger charge is -2.41. The third-order valence-electron chi connectivity index (χ3n) is 4.16. The van der Waals surface area contributed by atoms with Crippen LogP contribution >= 0.6 is 12.4 Å². The highest BCUT2D eigenvalue weighted by Crippen LogP contribution is 2.48. The summed E-state index contributed by atoms with van der Waals surface area (Å²) < 4.78 is 15.7. The second-order valence-corrected chi connectivity index (χ2v) is 6.99. The number of alkyl halides is 1. The van der Waals surface area contributed by atoms with Crippen LogP contribution in [-0.2, 0) is 0 Å². The monoisotopic (exact) mass is 323 g/mol. The largest absolute Gasteiger partial charge is 0.330 e. The summed E-state index contributed by atoms with van der Waals surface area (Å²) in [4.78, 5) is 0. The molecule has 0 spiro atoms. The predicted octanol–water partition coefficient (Wildman–Crippen LogP) is 5.18. The lowest BCUT2D eigenvalue weighted by Crippen LogP contribution is -2.38. The molecule has 122 valence electrons. The minimum absolute atomic E-state index is 0. The van der Waals surface area contributed by atoms with Crippen LogP contribution in [0.2, 0.25) is 0 Å². The summed E-state index contributed by atoms with van der Waals surface area (Å²) >= 11 is 0. The molecule has 0 bridgehead atoms. The van der Waals surface area contributed by atoms with Crippen molar-refractivity contribution in [3.8, 4) is 0 Å². The Kier molecular flexibility index (Phi) is 6.39. The summed E-state index contributed by atoms with van der Waals surface area (Å²) in [5.74, 6) is -0.168. The van der Waals surface area contributed by atoms with Gasteiger partial charge in [-0.05, 0) is 30.0 Å². The molecule has 0 amide bonds. The van der Waals surface area contributed by atoms with E-state index in [2.05, 4.69) is 20.8 Å². The molecule has 0 saturated carbocycles. The van der Waals surface area contributed by atoms with Crippen molar-refractivity contribution >= 4 is 12.4 Å². The minimum atomic E-state index is -1.34. The molecule has 0 aliphatic heterocycles. The van der Waals surface area contributed by atoms with Gasteiger partial charge in [-0.25, -0.2) is 4.39 Å². The van der Waals surface area contributed by atoms with Crippen LogP contribution in [-0.4, -0.2) is 12.2 Å². The zero-order valence-corrected chi connectivity index (χ0v) is 14.5. The van der Waals surface area contributed by atoms with Gasteiger partial charge in [0.05, 0.1) is 0 Å². The first-order chi connectivity index (χ1) is 9.87. The van der Waals surface area contributed by atoms with E-state index in [0.717, 1.165) is 17.6 Å². The van der Waals surface area contributed by atoms with Crippen molar-refractivity contribution in [1.29, 1.82) is 0 Å². The molecule has 0 aromatic heterocycles. The smallest absolute Gasteiger partial charge is 0.140 e. The summed E-state index contributed by atoms with van der Waals surface area (Å²) in [6, 6.07) is 10.0. The molecule has 2 atom stereocenters. The molecule has 1 aliphatic rings. The third kappa shape index (κ3) is 4.21. The number of rotatable bonds is 4. The molecule has 2 N–H and O–H groups in total. The average molecular weight is 324 g/mol. The molecule has 2 rings (SSSR count). The SMILES string of the molecule is CC(C)(C)C(c1ccccc1)C1(F)C=CC(CCN)=CC1.Cl. The maximum atomic E-state index is 15.7. The normalized spacial score (nSPS) is 22.7. The van der Waals surface area contributed by atoms with Crippen LogP contribution in [0.4, 0.5) is 4.39 Å². The zero-order chi connectivity index (χ0) is 15.5. The minimum Gasteiger partial charge on any atom is -0.330 e. The maximum Gasteiger partial charge on any atom is 0.140 e. The summed E-state index contributed by atoms with van der Waals surface area (Å²) in [6.07, 6.45) is 6.92. The lowest BCUT2D eigenvalue weighted by molar-refractivity contribution is 0.109. The standard InChI is InChI=1S/C19H26FN.ClH/c1-18(2,3)17(16-7-5-4-6-8-16)19(20)12-9-15(10-13-19)11-14-21;/h4-10,12,17H,11,13-14,21H2,1-3H3;1H. The van der Waals surface area contributed by atoms with Crippen molar-refractivity contribution in [1.82, 2.24) is 0 Å². The molecule has 1 aromatic carbocycles. The van der Waals surface area contributed by atoms with Gasteiger partial charge in [0.15, 0.2) is 0 Å². The number of benzene rings is 1. The van der Waals surface area contributed by atoms with Crippen molar-refractivity contribution < 1.29 is 4.39 Å². The first-order valence-corrected chi connectivity index (χ1v) is 7.69. The van der Waals surface area contributed by atoms with Gasteiger partial charge < -0.3 is 5.73 Å². The fourth-order valence-electron chi connectivity index (χ4n) is 3.38. The van der Waals surface area contributed by atoms with Gasteiger partial charge in [-0.2, -0.15) is 0 Å². The maximum absolute atomic E-state index is 15.7. The quantitative estimate of drug-likeness (QED) is 0.811. The first-order valence-electron chi connectivity index (χ1n) is 7.69. The lowest BCUT2D eigenvalue weighted by atomic mass is 9.66. The van der Waals surface area contributed by atoms with Crippen LogP contribution in [0.5, 0.6) is 0 Å². The molecule has 0 fully saturated rings. The first kappa shape index (κ1) is 18.9. The van der Waals surface area contributed by atoms with E-state index in [1.807, 2.05) is 42.5 Å². The van der Waals surface area contributed by atoms with Gasteiger partial charge in [0.25, 0.3) is 0 Å². The average Bonchev–Trinajstić information content (AvgIpc) is 2.41. The summed E-state index contributed by atoms with van der Waals surface area (Å²) in [6.45, 7) is 6.94. The highest BCUT2D eigenvalue weighted by molar-refractivity contribution is 5.85. The molecule has 0 saturated heterocycles. The van der Waals surface area contributed by atoms with Crippen molar-refractivity contribution in [3.05, 3.63) is 59.7 Å². The highest BCUT2D eigenvalue weighted by Gasteiger charge is 2.44. The van der Waals surface area contributed by atoms with Crippen molar-refractivity contribution in [2.45, 2.75) is 45.2 Å². The van der Waals surface area contributed by atoms with Gasteiger partial charge in [0.2, 0.25) is 0 Å². The van der Waals surface area contributed by atoms with E-state index in [1.165, 1.54) is 0 Å². The van der Waals surface area contributed by atoms with Gasteiger partial charge in [-0.1, -0.05) is 68.8 Å². The molecule has 3 heteroatoms. The summed E-state index contributed by atoms with van der Waals surface area (Å²) in [5, 5.41) is 0. The zero-order valence-electron chi connectivity index (χ0n) is 13.7. The second kappa shape index (κ2) is 7.43. The Morgan fingerprint density at radius 1 is 1.23 bits per heavy atom. The van der Waals surface area contributed by atoms with Crippen LogP contribution in [0.3, 0.4) is 0 Å². The van der Waals surface area contributed by atoms with Crippen molar-refractivity contribution in [2.75, 3.05) is 6.54 Å². The van der Waals surface area contributed by atoms with E-state index in [9.17, 15) is 0 Å². The van der Waals surface area contributed by atoms with Crippen LogP contribution in [0.25, 0.3) is 0 Å². The van der Waals surface area contributed by atoms with E-state index >= 15 is 4.39 Å². The molecule has 0 heterocycles. The van der Waals surface area contributed by atoms with E-state index in [0.29, 0.717) is 13.0 Å². The predicted molar refractivity (Wildman–Crippen MR) is 95.2 cm³/mol. The van der Waals surface area contributed by atoms with Gasteiger partial charge in [0.1, 0.15) is 5.67 Å². The molecule has 1 nitrogen and oxygen atoms in total. The van der Waals surface area contributed by atoms with Crippen LogP contribution in [0, 0.1) is 5.41 Å². The fraction of sp³-hybridized carbons (Fsp3) is 0.474. The molecular formula is C19H27ClFN. The van der Waals surface area contributed by atoms with Gasteiger partial charge in [-0.3, -0.25) is 0 Å². The third-order valence-corrected chi connectivity index (χ3v) is 4.16. The number of halogens is 2. The molecular weight excluding hydrogens is 297 g/mol. The molecule has 1 aliphatic carbocycles. The Labute approximate surface area is 139 Å². The number of nitrogens with two attached hydrogens (primary N) is 1. The van der Waals surface area contributed by atoms with E-state index < -0.39 is 5.67 Å². The second-order valence-electron chi connectivity index (χ2n) is 6.99. The van der Waals surface area contributed by atoms with E-state index in [1.54, 1.807) is 6.08 Å². The molecule has 1 aromatic rings. The van der Waals surface area contributed by atoms with Gasteiger partial charge >= 0.3 is 0 Å². The van der Waals surface area contributed by atoms with Crippen LogP contribution in [0.15, 0.2) is 54.1 Å². The van der Waals surface area contributed by atoms with Gasteiger partial charge in [-0.15, -0.1) is 12.4 Å². The fourth-order valence-corrected chi connectivity index (χ4v) is 3.38. The summed E-state index contributed by atoms with van der Waals surface area (Å²) in [7, 11) is 0. The molecule has 2 unspecified atom stereocenters.